The van der Waals surface area contributed by atoms with E-state index in [4.69, 9.17) is 11.6 Å². The predicted molar refractivity (Wildman–Crippen MR) is 110 cm³/mol. The van der Waals surface area contributed by atoms with Crippen LogP contribution in [0.5, 0.6) is 0 Å². The van der Waals surface area contributed by atoms with Crippen molar-refractivity contribution in [1.82, 2.24) is 14.8 Å². The van der Waals surface area contributed by atoms with Crippen molar-refractivity contribution < 1.29 is 4.79 Å². The number of nitrogens with zero attached hydrogens (tertiary/aromatic N) is 4. The quantitative estimate of drug-likeness (QED) is 0.385. The van der Waals surface area contributed by atoms with Crippen LogP contribution in [-0.4, -0.2) is 26.0 Å². The van der Waals surface area contributed by atoms with Crippen LogP contribution in [0.15, 0.2) is 73.3 Å². The van der Waals surface area contributed by atoms with Crippen molar-refractivity contribution in [3.8, 4) is 5.69 Å². The summed E-state index contributed by atoms with van der Waals surface area (Å²) in [6.45, 7) is 2.07. The molecule has 1 amide bonds. The van der Waals surface area contributed by atoms with Crippen LogP contribution in [0.3, 0.4) is 0 Å². The Morgan fingerprint density at radius 2 is 1.82 bits per heavy atom. The van der Waals surface area contributed by atoms with E-state index in [0.717, 1.165) is 27.7 Å². The van der Waals surface area contributed by atoms with E-state index in [1.807, 2.05) is 30.3 Å². The van der Waals surface area contributed by atoms with Crippen LogP contribution < -0.4 is 4.90 Å². The van der Waals surface area contributed by atoms with Crippen LogP contribution in [0.1, 0.15) is 17.2 Å². The molecule has 2 heterocycles. The Kier molecular flexibility index (Phi) is 3.91. The van der Waals surface area contributed by atoms with E-state index in [1.165, 1.54) is 11.9 Å². The van der Waals surface area contributed by atoms with Crippen molar-refractivity contribution in [2.24, 2.45) is 0 Å². The van der Waals surface area contributed by atoms with Gasteiger partial charge in [-0.25, -0.2) is 9.67 Å². The number of anilines is 1. The summed E-state index contributed by atoms with van der Waals surface area (Å²) in [4.78, 5) is 18.5. The number of alkyl halides is 1. The number of benzene rings is 3. The minimum absolute atomic E-state index is 0.0910. The molecule has 5 rings (SSSR count). The zero-order chi connectivity index (χ0) is 19.3. The summed E-state index contributed by atoms with van der Waals surface area (Å²) in [5, 5.41) is 5.90. The van der Waals surface area contributed by atoms with Gasteiger partial charge in [0.2, 0.25) is 5.91 Å². The molecule has 0 N–H and O–H groups in total. The number of aryl methyl sites for hydroxylation is 1. The molecule has 0 unspecified atom stereocenters. The third-order valence-corrected chi connectivity index (χ3v) is 5.61. The third-order valence-electron chi connectivity index (χ3n) is 5.19. The number of rotatable bonds is 3. The lowest BCUT2D eigenvalue weighted by Gasteiger charge is -2.45. The van der Waals surface area contributed by atoms with Crippen LogP contribution in [0, 0.1) is 6.92 Å². The van der Waals surface area contributed by atoms with E-state index in [9.17, 15) is 4.79 Å². The third kappa shape index (κ3) is 2.59. The second kappa shape index (κ2) is 6.46. The van der Waals surface area contributed by atoms with Gasteiger partial charge in [0, 0.05) is 11.3 Å². The number of halogens is 1. The van der Waals surface area contributed by atoms with Gasteiger partial charge in [-0.3, -0.25) is 4.79 Å². The summed E-state index contributed by atoms with van der Waals surface area (Å²) in [6.07, 6.45) is 3.16. The van der Waals surface area contributed by atoms with Gasteiger partial charge in [0.1, 0.15) is 18.0 Å². The van der Waals surface area contributed by atoms with E-state index in [2.05, 4.69) is 47.3 Å². The molecule has 6 heteroatoms. The van der Waals surface area contributed by atoms with Crippen LogP contribution >= 0.6 is 11.6 Å². The SMILES string of the molecule is Cc1ccc2cc(-n3cncn3)c([C@@H]3[C@@H](Cl)C(=O)N3c3ccccc3)cc2c1. The average molecular weight is 389 g/mol. The van der Waals surface area contributed by atoms with Crippen LogP contribution in [0.25, 0.3) is 16.5 Å². The molecule has 2 atom stereocenters. The Balaban J connectivity index is 1.72. The summed E-state index contributed by atoms with van der Waals surface area (Å²) < 4.78 is 1.73. The lowest BCUT2D eigenvalue weighted by Crippen LogP contribution is -2.56. The molecular weight excluding hydrogens is 372 g/mol. The Bertz CT molecular complexity index is 1170. The highest BCUT2D eigenvalue weighted by Crippen LogP contribution is 2.44. The second-order valence-electron chi connectivity index (χ2n) is 6.99. The molecule has 1 aliphatic rings. The second-order valence-corrected chi connectivity index (χ2v) is 7.46. The van der Waals surface area contributed by atoms with Gasteiger partial charge in [-0.15, -0.1) is 11.6 Å². The zero-order valence-corrected chi connectivity index (χ0v) is 15.9. The number of hydrogen-bond donors (Lipinski definition) is 0. The summed E-state index contributed by atoms with van der Waals surface area (Å²) in [6, 6.07) is 19.8. The first-order chi connectivity index (χ1) is 13.6. The molecule has 5 nitrogen and oxygen atoms in total. The maximum absolute atomic E-state index is 12.6. The fourth-order valence-electron chi connectivity index (χ4n) is 3.82. The minimum Gasteiger partial charge on any atom is -0.301 e. The molecule has 0 bridgehead atoms. The maximum atomic E-state index is 12.6. The number of β-lactam (4-membered cyclic amide) rings is 1. The topological polar surface area (TPSA) is 51.0 Å². The highest BCUT2D eigenvalue weighted by Gasteiger charge is 2.49. The van der Waals surface area contributed by atoms with Gasteiger partial charge in [-0.05, 0) is 42.0 Å². The molecule has 0 saturated carbocycles. The minimum atomic E-state index is -0.621. The Hall–Kier alpha value is -3.18. The molecule has 1 fully saturated rings. The van der Waals surface area contributed by atoms with E-state index in [1.54, 1.807) is 15.9 Å². The highest BCUT2D eigenvalue weighted by atomic mass is 35.5. The molecule has 4 aromatic rings. The summed E-state index contributed by atoms with van der Waals surface area (Å²) in [7, 11) is 0. The maximum Gasteiger partial charge on any atom is 0.248 e. The standard InChI is InChI=1S/C22H17ClN4O/c1-14-7-8-15-11-19(26-13-24-12-25-26)18(10-16(15)9-14)21-20(23)22(28)27(21)17-5-3-2-4-6-17/h2-13,20-21H,1H3/t20-,21-/m1/s1. The first-order valence-electron chi connectivity index (χ1n) is 9.05. The van der Waals surface area contributed by atoms with Gasteiger partial charge in [-0.1, -0.05) is 42.0 Å². The molecule has 0 radical (unpaired) electrons. The van der Waals surface area contributed by atoms with E-state index < -0.39 is 5.38 Å². The first-order valence-corrected chi connectivity index (χ1v) is 9.48. The molecular formula is C22H17ClN4O. The van der Waals surface area contributed by atoms with Crippen LogP contribution in [-0.2, 0) is 4.79 Å². The van der Waals surface area contributed by atoms with Gasteiger partial charge in [-0.2, -0.15) is 5.10 Å². The van der Waals surface area contributed by atoms with Gasteiger partial charge >= 0.3 is 0 Å². The molecule has 1 aromatic heterocycles. The van der Waals surface area contributed by atoms with Crippen molar-refractivity contribution in [3.63, 3.8) is 0 Å². The number of para-hydroxylation sites is 1. The largest absolute Gasteiger partial charge is 0.301 e. The molecule has 3 aromatic carbocycles. The molecule has 138 valence electrons. The summed E-state index contributed by atoms with van der Waals surface area (Å²) in [5.41, 5.74) is 3.84. The van der Waals surface area contributed by atoms with Crippen molar-refractivity contribution >= 4 is 34.0 Å². The average Bonchev–Trinajstić information content (AvgIpc) is 3.25. The first kappa shape index (κ1) is 17.0. The Labute approximate surface area is 167 Å². The number of aromatic nitrogens is 3. The predicted octanol–water partition coefficient (Wildman–Crippen LogP) is 4.42. The summed E-state index contributed by atoms with van der Waals surface area (Å²) in [5.74, 6) is -0.0910. The van der Waals surface area contributed by atoms with Gasteiger partial charge in [0.25, 0.3) is 0 Å². The monoisotopic (exact) mass is 388 g/mol. The number of fused-ring (bicyclic) bond motifs is 1. The molecule has 0 spiro atoms. The van der Waals surface area contributed by atoms with Crippen LogP contribution in [0.2, 0.25) is 0 Å². The van der Waals surface area contributed by atoms with Crippen molar-refractivity contribution in [3.05, 3.63) is 84.4 Å². The fourth-order valence-corrected chi connectivity index (χ4v) is 4.17. The number of carbonyl (C=O) groups excluding carboxylic acids is 1. The fraction of sp³-hybridized carbons (Fsp3) is 0.136. The zero-order valence-electron chi connectivity index (χ0n) is 15.2. The van der Waals surface area contributed by atoms with Crippen molar-refractivity contribution in [2.75, 3.05) is 4.90 Å². The van der Waals surface area contributed by atoms with Gasteiger partial charge in [0.05, 0.1) is 11.7 Å². The molecule has 28 heavy (non-hydrogen) atoms. The van der Waals surface area contributed by atoms with Crippen molar-refractivity contribution in [2.45, 2.75) is 18.3 Å². The summed E-state index contributed by atoms with van der Waals surface area (Å²) >= 11 is 6.52. The molecule has 0 aliphatic carbocycles. The van der Waals surface area contributed by atoms with Gasteiger partial charge < -0.3 is 4.90 Å². The highest BCUT2D eigenvalue weighted by molar-refractivity contribution is 6.37. The normalized spacial score (nSPS) is 19.1. The lowest BCUT2D eigenvalue weighted by molar-refractivity contribution is -0.123. The van der Waals surface area contributed by atoms with Crippen LogP contribution in [0.4, 0.5) is 5.69 Å². The lowest BCUT2D eigenvalue weighted by atomic mass is 9.89. The smallest absolute Gasteiger partial charge is 0.248 e. The van der Waals surface area contributed by atoms with E-state index in [0.29, 0.717) is 0 Å². The van der Waals surface area contributed by atoms with E-state index >= 15 is 0 Å². The number of carbonyl (C=O) groups is 1. The van der Waals surface area contributed by atoms with E-state index in [-0.39, 0.29) is 11.9 Å². The number of hydrogen-bond acceptors (Lipinski definition) is 3. The Morgan fingerprint density at radius 1 is 1.00 bits per heavy atom. The molecule has 1 aliphatic heterocycles. The number of amides is 1. The van der Waals surface area contributed by atoms with Crippen molar-refractivity contribution in [1.29, 1.82) is 0 Å². The molecule has 1 saturated heterocycles. The van der Waals surface area contributed by atoms with Gasteiger partial charge in [0.15, 0.2) is 0 Å². The Morgan fingerprint density at radius 3 is 2.57 bits per heavy atom.